The standard InChI is InChI=1S/C35H35NO6/c1-41-31-21-11-20-29(34(31)42-22-12-19-26-13-5-2-6-14-26)25-30(35(39)40)36(32(37)23-27-15-7-3-8-16-27)33(38)24-28-17-9-4-10-18-28/h2-11,13-18,20-21,30H,12,19,22-25H2,1H3,(H,39,40). The molecule has 7 heteroatoms. The van der Waals surface area contributed by atoms with Crippen LogP contribution in [0.4, 0.5) is 0 Å². The normalized spacial score (nSPS) is 11.4. The van der Waals surface area contributed by atoms with E-state index in [2.05, 4.69) is 12.1 Å². The Morgan fingerprint density at radius 3 is 1.74 bits per heavy atom. The molecular formula is C35H35NO6. The van der Waals surface area contributed by atoms with Crippen LogP contribution in [-0.4, -0.2) is 47.5 Å². The van der Waals surface area contributed by atoms with Gasteiger partial charge in [-0.2, -0.15) is 0 Å². The highest BCUT2D eigenvalue weighted by atomic mass is 16.5. The van der Waals surface area contributed by atoms with Crippen molar-refractivity contribution in [2.75, 3.05) is 13.7 Å². The zero-order valence-electron chi connectivity index (χ0n) is 23.6. The van der Waals surface area contributed by atoms with Crippen LogP contribution in [0.5, 0.6) is 11.5 Å². The molecule has 4 aromatic rings. The zero-order chi connectivity index (χ0) is 29.7. The van der Waals surface area contributed by atoms with E-state index in [4.69, 9.17) is 9.47 Å². The van der Waals surface area contributed by atoms with E-state index in [0.717, 1.165) is 17.7 Å². The molecule has 42 heavy (non-hydrogen) atoms. The third-order valence-electron chi connectivity index (χ3n) is 6.92. The van der Waals surface area contributed by atoms with Crippen LogP contribution in [0.1, 0.15) is 28.7 Å². The number of nitrogens with zero attached hydrogens (tertiary/aromatic N) is 1. The molecule has 0 aliphatic rings. The number of carboxylic acids is 1. The number of carbonyl (C=O) groups excluding carboxylic acids is 2. The van der Waals surface area contributed by atoms with Gasteiger partial charge in [0.05, 0.1) is 26.6 Å². The molecule has 0 aliphatic carbocycles. The summed E-state index contributed by atoms with van der Waals surface area (Å²) in [5.74, 6) is -1.58. The van der Waals surface area contributed by atoms with Gasteiger partial charge in [-0.25, -0.2) is 4.79 Å². The molecule has 0 saturated carbocycles. The molecule has 1 atom stereocenters. The van der Waals surface area contributed by atoms with Crippen LogP contribution in [0.15, 0.2) is 109 Å². The molecule has 1 N–H and O–H groups in total. The molecule has 0 bridgehead atoms. The Morgan fingerprint density at radius 1 is 0.714 bits per heavy atom. The van der Waals surface area contributed by atoms with Crippen LogP contribution in [-0.2, 0) is 40.1 Å². The number of benzene rings is 4. The van der Waals surface area contributed by atoms with Crippen LogP contribution in [0, 0.1) is 0 Å². The summed E-state index contributed by atoms with van der Waals surface area (Å²) in [6, 6.07) is 31.8. The molecule has 0 aromatic heterocycles. The number of carbonyl (C=O) groups is 3. The van der Waals surface area contributed by atoms with Gasteiger partial charge >= 0.3 is 5.97 Å². The predicted molar refractivity (Wildman–Crippen MR) is 161 cm³/mol. The minimum atomic E-state index is -1.45. The lowest BCUT2D eigenvalue weighted by Gasteiger charge is -2.28. The fraction of sp³-hybridized carbons (Fsp3) is 0.229. The summed E-state index contributed by atoms with van der Waals surface area (Å²) in [5.41, 5.74) is 3.10. The van der Waals surface area contributed by atoms with Gasteiger partial charge < -0.3 is 14.6 Å². The molecule has 0 spiro atoms. The smallest absolute Gasteiger partial charge is 0.327 e. The highest BCUT2D eigenvalue weighted by molar-refractivity contribution is 6.00. The summed E-state index contributed by atoms with van der Waals surface area (Å²) < 4.78 is 11.7. The Bertz CT molecular complexity index is 1400. The topological polar surface area (TPSA) is 93.1 Å². The maximum atomic E-state index is 13.6. The number of methoxy groups -OCH3 is 1. The van der Waals surface area contributed by atoms with Crippen LogP contribution >= 0.6 is 0 Å². The summed E-state index contributed by atoms with van der Waals surface area (Å²) in [7, 11) is 1.52. The predicted octanol–water partition coefficient (Wildman–Crippen LogP) is 5.54. The molecule has 1 unspecified atom stereocenters. The minimum absolute atomic E-state index is 0.105. The second-order valence-electron chi connectivity index (χ2n) is 9.93. The molecule has 0 aliphatic heterocycles. The number of amides is 2. The maximum absolute atomic E-state index is 13.6. The number of rotatable bonds is 14. The van der Waals surface area contributed by atoms with Crippen LogP contribution in [0.25, 0.3) is 0 Å². The summed E-state index contributed by atoms with van der Waals surface area (Å²) in [4.78, 5) is 40.9. The van der Waals surface area contributed by atoms with Crippen molar-refractivity contribution in [2.24, 2.45) is 0 Å². The first-order valence-corrected chi connectivity index (χ1v) is 13.9. The molecule has 216 valence electrons. The molecule has 0 radical (unpaired) electrons. The molecule has 7 nitrogen and oxygen atoms in total. The van der Waals surface area contributed by atoms with Crippen molar-refractivity contribution >= 4 is 17.8 Å². The highest BCUT2D eigenvalue weighted by Crippen LogP contribution is 2.33. The quantitative estimate of drug-likeness (QED) is 0.202. The molecule has 4 rings (SSSR count). The Hall–Kier alpha value is -4.91. The zero-order valence-corrected chi connectivity index (χ0v) is 23.6. The lowest BCUT2D eigenvalue weighted by molar-refractivity contribution is -0.157. The SMILES string of the molecule is COc1cccc(CC(C(=O)O)N(C(=O)Cc2ccccc2)C(=O)Cc2ccccc2)c1OCCCc1ccccc1. The largest absolute Gasteiger partial charge is 0.493 e. The Labute approximate surface area is 246 Å². The Morgan fingerprint density at radius 2 is 1.24 bits per heavy atom. The average molecular weight is 566 g/mol. The number of aliphatic carboxylic acids is 1. The van der Waals surface area contributed by atoms with E-state index < -0.39 is 23.8 Å². The van der Waals surface area contributed by atoms with E-state index in [0.29, 0.717) is 34.8 Å². The number of aryl methyl sites for hydroxylation is 1. The fourth-order valence-electron chi connectivity index (χ4n) is 4.84. The van der Waals surface area contributed by atoms with Gasteiger partial charge in [-0.3, -0.25) is 14.5 Å². The van der Waals surface area contributed by atoms with Crippen molar-refractivity contribution in [1.29, 1.82) is 0 Å². The van der Waals surface area contributed by atoms with Gasteiger partial charge in [-0.05, 0) is 35.6 Å². The second kappa shape index (κ2) is 15.2. The summed E-state index contributed by atoms with van der Waals surface area (Å²) >= 11 is 0. The van der Waals surface area contributed by atoms with Crippen molar-refractivity contribution in [1.82, 2.24) is 4.90 Å². The lowest BCUT2D eigenvalue weighted by Crippen LogP contribution is -2.51. The first-order chi connectivity index (χ1) is 20.5. The van der Waals surface area contributed by atoms with Crippen molar-refractivity contribution in [3.63, 3.8) is 0 Å². The number of ether oxygens (including phenoxy) is 2. The van der Waals surface area contributed by atoms with Gasteiger partial charge in [-0.15, -0.1) is 0 Å². The number of imide groups is 1. The Kier molecular flexibility index (Phi) is 10.9. The van der Waals surface area contributed by atoms with Gasteiger partial charge in [-0.1, -0.05) is 103 Å². The van der Waals surface area contributed by atoms with Gasteiger partial charge in [0, 0.05) is 12.0 Å². The van der Waals surface area contributed by atoms with E-state index >= 15 is 0 Å². The van der Waals surface area contributed by atoms with Gasteiger partial charge in [0.15, 0.2) is 11.5 Å². The maximum Gasteiger partial charge on any atom is 0.327 e. The van der Waals surface area contributed by atoms with Gasteiger partial charge in [0.1, 0.15) is 6.04 Å². The number of para-hydroxylation sites is 1. The Balaban J connectivity index is 1.59. The average Bonchev–Trinajstić information content (AvgIpc) is 3.00. The first kappa shape index (κ1) is 30.1. The van der Waals surface area contributed by atoms with E-state index in [1.165, 1.54) is 12.7 Å². The lowest BCUT2D eigenvalue weighted by atomic mass is 10.0. The van der Waals surface area contributed by atoms with Crippen molar-refractivity contribution < 1.29 is 29.0 Å². The summed E-state index contributed by atoms with van der Waals surface area (Å²) in [6.07, 6.45) is 1.21. The number of hydrogen-bond acceptors (Lipinski definition) is 5. The van der Waals surface area contributed by atoms with Crippen molar-refractivity contribution in [3.05, 3.63) is 131 Å². The van der Waals surface area contributed by atoms with Gasteiger partial charge in [0.25, 0.3) is 0 Å². The van der Waals surface area contributed by atoms with E-state index in [1.54, 1.807) is 66.7 Å². The second-order valence-corrected chi connectivity index (χ2v) is 9.93. The third-order valence-corrected chi connectivity index (χ3v) is 6.92. The number of carboxylic acid groups (broad SMARTS) is 1. The molecular weight excluding hydrogens is 530 g/mol. The highest BCUT2D eigenvalue weighted by Gasteiger charge is 2.35. The summed E-state index contributed by atoms with van der Waals surface area (Å²) in [6.45, 7) is 0.379. The van der Waals surface area contributed by atoms with Crippen LogP contribution < -0.4 is 9.47 Å². The van der Waals surface area contributed by atoms with Crippen LogP contribution in [0.2, 0.25) is 0 Å². The van der Waals surface area contributed by atoms with E-state index in [9.17, 15) is 19.5 Å². The first-order valence-electron chi connectivity index (χ1n) is 13.9. The van der Waals surface area contributed by atoms with Gasteiger partial charge in [0.2, 0.25) is 11.8 Å². The third kappa shape index (κ3) is 8.30. The van der Waals surface area contributed by atoms with Crippen molar-refractivity contribution in [3.8, 4) is 11.5 Å². The summed E-state index contributed by atoms with van der Waals surface area (Å²) in [5, 5.41) is 10.4. The molecule has 2 amide bonds. The number of hydrogen-bond donors (Lipinski definition) is 1. The minimum Gasteiger partial charge on any atom is -0.493 e. The van der Waals surface area contributed by atoms with Crippen molar-refractivity contribution in [2.45, 2.75) is 38.1 Å². The van der Waals surface area contributed by atoms with E-state index in [-0.39, 0.29) is 19.3 Å². The molecule has 0 saturated heterocycles. The molecule has 0 fully saturated rings. The monoisotopic (exact) mass is 565 g/mol. The molecule has 4 aromatic carbocycles. The fourth-order valence-corrected chi connectivity index (χ4v) is 4.84. The van der Waals surface area contributed by atoms with Crippen LogP contribution in [0.3, 0.4) is 0 Å². The van der Waals surface area contributed by atoms with E-state index in [1.807, 2.05) is 30.3 Å². The molecule has 0 heterocycles.